The normalized spacial score (nSPS) is 15.6. The van der Waals surface area contributed by atoms with Crippen LogP contribution in [0.4, 0.5) is 0 Å². The minimum atomic E-state index is -1.23. The van der Waals surface area contributed by atoms with Gasteiger partial charge in [0.15, 0.2) is 11.6 Å². The second kappa shape index (κ2) is 5.86. The molecule has 2 aromatic heterocycles. The average Bonchev–Trinajstić information content (AvgIpc) is 3.04. The number of hydrogen-bond donors (Lipinski definition) is 2. The van der Waals surface area contributed by atoms with Crippen molar-refractivity contribution in [2.45, 2.75) is 38.6 Å². The van der Waals surface area contributed by atoms with Crippen molar-refractivity contribution in [3.8, 4) is 0 Å². The summed E-state index contributed by atoms with van der Waals surface area (Å²) in [6, 6.07) is 2.08. The molecule has 8 nitrogen and oxygen atoms in total. The van der Waals surface area contributed by atoms with Crippen molar-refractivity contribution < 1.29 is 23.6 Å². The lowest BCUT2D eigenvalue weighted by molar-refractivity contribution is 0.0659. The van der Waals surface area contributed by atoms with Gasteiger partial charge in [-0.15, -0.1) is 0 Å². The van der Waals surface area contributed by atoms with E-state index >= 15 is 0 Å². The zero-order valence-corrected chi connectivity index (χ0v) is 12.8. The Balaban J connectivity index is 1.75. The van der Waals surface area contributed by atoms with Crippen molar-refractivity contribution >= 4 is 11.9 Å². The lowest BCUT2D eigenvalue weighted by Crippen LogP contribution is -2.31. The number of furan rings is 1. The highest BCUT2D eigenvalue weighted by Gasteiger charge is 2.32. The van der Waals surface area contributed by atoms with E-state index in [4.69, 9.17) is 14.0 Å². The molecule has 2 heterocycles. The van der Waals surface area contributed by atoms with Crippen LogP contribution in [0.2, 0.25) is 0 Å². The standard InChI is InChI=1S/C15H17N3O5/c1-7(2)11(14-17-12(18-23-14)8-3-4-8)16-13(19)9-5-6-10(22-9)15(20)21/h5-8,11H,3-4H2,1-2H3,(H,16,19)(H,20,21)/t11-/m1/s1. The molecule has 1 saturated carbocycles. The molecule has 2 N–H and O–H groups in total. The third-order valence-corrected chi connectivity index (χ3v) is 3.66. The summed E-state index contributed by atoms with van der Waals surface area (Å²) in [5.41, 5.74) is 0. The van der Waals surface area contributed by atoms with E-state index in [1.807, 2.05) is 13.8 Å². The zero-order chi connectivity index (χ0) is 16.6. The Morgan fingerprint density at radius 3 is 2.57 bits per heavy atom. The number of nitrogens with zero attached hydrogens (tertiary/aromatic N) is 2. The van der Waals surface area contributed by atoms with Crippen LogP contribution >= 0.6 is 0 Å². The molecule has 122 valence electrons. The number of carbonyl (C=O) groups excluding carboxylic acids is 1. The van der Waals surface area contributed by atoms with Crippen molar-refractivity contribution in [3.63, 3.8) is 0 Å². The van der Waals surface area contributed by atoms with Gasteiger partial charge in [0.05, 0.1) is 0 Å². The first-order valence-electron chi connectivity index (χ1n) is 7.43. The Morgan fingerprint density at radius 2 is 2.00 bits per heavy atom. The van der Waals surface area contributed by atoms with Crippen LogP contribution < -0.4 is 5.32 Å². The lowest BCUT2D eigenvalue weighted by Gasteiger charge is -2.17. The van der Waals surface area contributed by atoms with Crippen LogP contribution in [0.5, 0.6) is 0 Å². The summed E-state index contributed by atoms with van der Waals surface area (Å²) < 4.78 is 10.3. The van der Waals surface area contributed by atoms with Gasteiger partial charge in [0.25, 0.3) is 5.91 Å². The lowest BCUT2D eigenvalue weighted by atomic mass is 10.0. The van der Waals surface area contributed by atoms with E-state index in [-0.39, 0.29) is 17.4 Å². The predicted molar refractivity (Wildman–Crippen MR) is 77.0 cm³/mol. The first kappa shape index (κ1) is 15.3. The number of hydrogen-bond acceptors (Lipinski definition) is 6. The molecule has 0 unspecified atom stereocenters. The second-order valence-corrected chi connectivity index (χ2v) is 5.93. The van der Waals surface area contributed by atoms with Crippen molar-refractivity contribution in [1.29, 1.82) is 0 Å². The molecule has 0 aliphatic heterocycles. The molecule has 23 heavy (non-hydrogen) atoms. The Hall–Kier alpha value is -2.64. The SMILES string of the molecule is CC(C)[C@@H](NC(=O)c1ccc(C(=O)O)o1)c1nc(C2CC2)no1. The number of carboxylic acid groups (broad SMARTS) is 1. The van der Waals surface area contributed by atoms with E-state index < -0.39 is 17.9 Å². The Bertz CT molecular complexity index is 729. The molecule has 8 heteroatoms. The summed E-state index contributed by atoms with van der Waals surface area (Å²) in [4.78, 5) is 27.4. The van der Waals surface area contributed by atoms with Crippen molar-refractivity contribution in [2.24, 2.45) is 5.92 Å². The predicted octanol–water partition coefficient (Wildman–Crippen LogP) is 2.37. The van der Waals surface area contributed by atoms with Gasteiger partial charge >= 0.3 is 5.97 Å². The molecular weight excluding hydrogens is 302 g/mol. The van der Waals surface area contributed by atoms with Gasteiger partial charge in [-0.3, -0.25) is 4.79 Å². The highest BCUT2D eigenvalue weighted by Crippen LogP contribution is 2.38. The van der Waals surface area contributed by atoms with E-state index in [1.165, 1.54) is 12.1 Å². The van der Waals surface area contributed by atoms with Crippen LogP contribution in [0, 0.1) is 5.92 Å². The van der Waals surface area contributed by atoms with Gasteiger partial charge in [-0.2, -0.15) is 4.98 Å². The number of rotatable bonds is 6. The van der Waals surface area contributed by atoms with E-state index in [2.05, 4.69) is 15.5 Å². The van der Waals surface area contributed by atoms with Crippen LogP contribution in [0.15, 0.2) is 21.1 Å². The highest BCUT2D eigenvalue weighted by molar-refractivity contribution is 5.93. The van der Waals surface area contributed by atoms with Crippen LogP contribution in [0.3, 0.4) is 0 Å². The van der Waals surface area contributed by atoms with E-state index in [1.54, 1.807) is 0 Å². The monoisotopic (exact) mass is 319 g/mol. The van der Waals surface area contributed by atoms with Crippen LogP contribution in [0.25, 0.3) is 0 Å². The summed E-state index contributed by atoms with van der Waals surface area (Å²) in [6.07, 6.45) is 2.12. The van der Waals surface area contributed by atoms with Crippen molar-refractivity contribution in [2.75, 3.05) is 0 Å². The fourth-order valence-electron chi connectivity index (χ4n) is 2.18. The quantitative estimate of drug-likeness (QED) is 0.838. The molecule has 0 bridgehead atoms. The smallest absolute Gasteiger partial charge is 0.371 e. The van der Waals surface area contributed by atoms with Gasteiger partial charge in [0.1, 0.15) is 6.04 Å². The summed E-state index contributed by atoms with van der Waals surface area (Å²) >= 11 is 0. The molecular formula is C15H17N3O5. The molecule has 1 amide bonds. The Morgan fingerprint density at radius 1 is 1.30 bits per heavy atom. The first-order valence-corrected chi connectivity index (χ1v) is 7.43. The van der Waals surface area contributed by atoms with Gasteiger partial charge in [-0.05, 0) is 30.9 Å². The fourth-order valence-corrected chi connectivity index (χ4v) is 2.18. The van der Waals surface area contributed by atoms with Crippen molar-refractivity contribution in [1.82, 2.24) is 15.5 Å². The zero-order valence-electron chi connectivity index (χ0n) is 12.8. The molecule has 3 rings (SSSR count). The maximum atomic E-state index is 12.2. The van der Waals surface area contributed by atoms with Crippen molar-refractivity contribution in [3.05, 3.63) is 35.4 Å². The van der Waals surface area contributed by atoms with Gasteiger partial charge in [0.2, 0.25) is 11.7 Å². The largest absolute Gasteiger partial charge is 0.475 e. The molecule has 1 aliphatic rings. The number of amides is 1. The van der Waals surface area contributed by atoms with Gasteiger partial charge in [0, 0.05) is 5.92 Å². The third kappa shape index (κ3) is 3.25. The first-order chi connectivity index (χ1) is 11.0. The van der Waals surface area contributed by atoms with E-state index in [0.29, 0.717) is 17.6 Å². The maximum absolute atomic E-state index is 12.2. The second-order valence-electron chi connectivity index (χ2n) is 5.93. The topological polar surface area (TPSA) is 118 Å². The maximum Gasteiger partial charge on any atom is 0.371 e. The highest BCUT2D eigenvalue weighted by atomic mass is 16.5. The summed E-state index contributed by atoms with van der Waals surface area (Å²) in [7, 11) is 0. The minimum absolute atomic E-state index is 0.0142. The van der Waals surface area contributed by atoms with Crippen LogP contribution in [0.1, 0.15) is 71.5 Å². The summed E-state index contributed by atoms with van der Waals surface area (Å²) in [5, 5.41) is 15.5. The van der Waals surface area contributed by atoms with Crippen LogP contribution in [-0.4, -0.2) is 27.1 Å². The van der Waals surface area contributed by atoms with E-state index in [0.717, 1.165) is 12.8 Å². The third-order valence-electron chi connectivity index (χ3n) is 3.66. The molecule has 0 radical (unpaired) electrons. The minimum Gasteiger partial charge on any atom is -0.475 e. The number of carbonyl (C=O) groups is 2. The number of aromatic nitrogens is 2. The molecule has 1 fully saturated rings. The number of carboxylic acids is 1. The average molecular weight is 319 g/mol. The Kier molecular flexibility index (Phi) is 3.89. The molecule has 2 aromatic rings. The van der Waals surface area contributed by atoms with E-state index in [9.17, 15) is 9.59 Å². The van der Waals surface area contributed by atoms with Crippen LogP contribution in [-0.2, 0) is 0 Å². The molecule has 0 spiro atoms. The number of nitrogens with one attached hydrogen (secondary N) is 1. The summed E-state index contributed by atoms with van der Waals surface area (Å²) in [6.45, 7) is 3.83. The Labute approximate surface area is 131 Å². The van der Waals surface area contributed by atoms with Gasteiger partial charge in [-0.1, -0.05) is 19.0 Å². The summed E-state index contributed by atoms with van der Waals surface area (Å²) in [5.74, 6) is -0.719. The molecule has 0 saturated heterocycles. The molecule has 1 aliphatic carbocycles. The number of aromatic carboxylic acids is 1. The van der Waals surface area contributed by atoms with Gasteiger partial charge < -0.3 is 19.4 Å². The molecule has 0 aromatic carbocycles. The fraction of sp³-hybridized carbons (Fsp3) is 0.467. The van der Waals surface area contributed by atoms with Gasteiger partial charge in [-0.25, -0.2) is 4.79 Å². The molecule has 1 atom stereocenters.